The summed E-state index contributed by atoms with van der Waals surface area (Å²) in [6.07, 6.45) is 3.07. The fraction of sp³-hybridized carbons (Fsp3) is 0.474. The molecule has 1 amide bonds. The number of carbonyl (C=O) groups is 1. The number of amides is 1. The van der Waals surface area contributed by atoms with Gasteiger partial charge in [-0.15, -0.1) is 0 Å². The van der Waals surface area contributed by atoms with Crippen molar-refractivity contribution in [3.8, 4) is 0 Å². The number of carbonyl (C=O) groups excluding carboxylic acids is 1. The van der Waals surface area contributed by atoms with Crippen molar-refractivity contribution in [1.82, 2.24) is 5.43 Å². The Bertz CT molecular complexity index is 771. The molecule has 0 saturated heterocycles. The molecule has 1 heterocycles. The molecule has 0 bridgehead atoms. The van der Waals surface area contributed by atoms with Crippen LogP contribution >= 0.6 is 0 Å². The van der Waals surface area contributed by atoms with Gasteiger partial charge in [0.1, 0.15) is 5.58 Å². The number of para-hydroxylation sites is 1. The average Bonchev–Trinajstić information content (AvgIpc) is 2.80. The molecule has 4 nitrogen and oxygen atoms in total. The third kappa shape index (κ3) is 3.31. The van der Waals surface area contributed by atoms with Crippen molar-refractivity contribution < 1.29 is 9.21 Å². The summed E-state index contributed by atoms with van der Waals surface area (Å²) < 4.78 is 5.68. The second-order valence-corrected chi connectivity index (χ2v) is 7.53. The van der Waals surface area contributed by atoms with Gasteiger partial charge in [0, 0.05) is 16.7 Å². The summed E-state index contributed by atoms with van der Waals surface area (Å²) in [5.41, 5.74) is 5.58. The smallest absolute Gasteiger partial charge is 0.307 e. The number of hydrazone groups is 1. The first-order chi connectivity index (χ1) is 10.9. The highest BCUT2D eigenvalue weighted by molar-refractivity contribution is 5.99. The molecule has 0 spiro atoms. The van der Waals surface area contributed by atoms with Crippen molar-refractivity contribution in [3.05, 3.63) is 35.6 Å². The minimum atomic E-state index is -0.276. The molecule has 4 heteroatoms. The van der Waals surface area contributed by atoms with Gasteiger partial charge in [0.05, 0.1) is 0 Å². The lowest BCUT2D eigenvalue weighted by atomic mass is 9.72. The van der Waals surface area contributed by atoms with E-state index in [1.54, 1.807) is 0 Å². The van der Waals surface area contributed by atoms with Gasteiger partial charge in [-0.2, -0.15) is 5.10 Å². The predicted octanol–water partition coefficient (Wildman–Crippen LogP) is 4.67. The minimum Gasteiger partial charge on any atom is -0.451 e. The number of furan rings is 1. The fourth-order valence-electron chi connectivity index (χ4n) is 3.77. The van der Waals surface area contributed by atoms with Crippen LogP contribution in [-0.4, -0.2) is 11.6 Å². The molecule has 0 radical (unpaired) electrons. The summed E-state index contributed by atoms with van der Waals surface area (Å²) in [6, 6.07) is 7.68. The summed E-state index contributed by atoms with van der Waals surface area (Å²) in [5, 5.41) is 5.34. The van der Waals surface area contributed by atoms with E-state index < -0.39 is 0 Å². The van der Waals surface area contributed by atoms with Crippen LogP contribution in [-0.2, 0) is 0 Å². The van der Waals surface area contributed by atoms with Crippen LogP contribution in [0.1, 0.15) is 56.2 Å². The van der Waals surface area contributed by atoms with Crippen LogP contribution in [0.15, 0.2) is 33.8 Å². The van der Waals surface area contributed by atoms with Crippen molar-refractivity contribution in [2.24, 2.45) is 16.4 Å². The Balaban J connectivity index is 1.78. The molecule has 1 aromatic carbocycles. The topological polar surface area (TPSA) is 54.6 Å². The van der Waals surface area contributed by atoms with Gasteiger partial charge in [-0.05, 0) is 43.6 Å². The zero-order valence-corrected chi connectivity index (χ0v) is 14.3. The summed E-state index contributed by atoms with van der Waals surface area (Å²) >= 11 is 0. The third-order valence-electron chi connectivity index (χ3n) is 4.53. The van der Waals surface area contributed by atoms with E-state index in [4.69, 9.17) is 4.42 Å². The van der Waals surface area contributed by atoms with Crippen molar-refractivity contribution in [3.63, 3.8) is 0 Å². The van der Waals surface area contributed by atoms with E-state index in [0.29, 0.717) is 11.7 Å². The molecule has 1 saturated carbocycles. The highest BCUT2D eigenvalue weighted by Gasteiger charge is 2.29. The Morgan fingerprint density at radius 3 is 2.78 bits per heavy atom. The molecular weight excluding hydrogens is 288 g/mol. The largest absolute Gasteiger partial charge is 0.451 e. The van der Waals surface area contributed by atoms with Crippen LogP contribution < -0.4 is 5.43 Å². The van der Waals surface area contributed by atoms with Crippen LogP contribution in [0.3, 0.4) is 0 Å². The second kappa shape index (κ2) is 5.84. The monoisotopic (exact) mass is 312 g/mol. The zero-order valence-electron chi connectivity index (χ0n) is 14.3. The van der Waals surface area contributed by atoms with E-state index in [0.717, 1.165) is 35.1 Å². The van der Waals surface area contributed by atoms with Gasteiger partial charge >= 0.3 is 5.91 Å². The van der Waals surface area contributed by atoms with Gasteiger partial charge in [-0.1, -0.05) is 39.0 Å². The number of hydrogen-bond acceptors (Lipinski definition) is 3. The van der Waals surface area contributed by atoms with Gasteiger partial charge in [0.25, 0.3) is 0 Å². The van der Waals surface area contributed by atoms with Crippen molar-refractivity contribution >= 4 is 22.6 Å². The van der Waals surface area contributed by atoms with E-state index in [9.17, 15) is 4.79 Å². The molecule has 23 heavy (non-hydrogen) atoms. The maximum absolute atomic E-state index is 12.4. The van der Waals surface area contributed by atoms with Crippen molar-refractivity contribution in [2.75, 3.05) is 0 Å². The number of fused-ring (bicyclic) bond motifs is 1. The van der Waals surface area contributed by atoms with Crippen LogP contribution in [0.4, 0.5) is 0 Å². The molecule has 1 aliphatic carbocycles. The summed E-state index contributed by atoms with van der Waals surface area (Å²) in [6.45, 7) is 8.65. The molecule has 1 atom stereocenters. The van der Waals surface area contributed by atoms with E-state index in [1.807, 2.05) is 31.2 Å². The maximum Gasteiger partial charge on any atom is 0.307 e. The normalized spacial score (nSPS) is 22.4. The number of nitrogens with one attached hydrogen (secondary N) is 1. The van der Waals surface area contributed by atoms with Crippen LogP contribution in [0, 0.1) is 18.3 Å². The molecule has 1 aliphatic rings. The standard InChI is InChI=1S/C19H24N2O2/c1-12-9-14(11-19(3,4)10-12)20-21-18(22)17-13(2)15-7-5-6-8-16(15)23-17/h5-8,12H,9-11H2,1-4H3,(H,21,22)/b20-14+/t12-/m0/s1. The first-order valence-electron chi connectivity index (χ1n) is 8.19. The van der Waals surface area contributed by atoms with Crippen molar-refractivity contribution in [2.45, 2.75) is 47.0 Å². The van der Waals surface area contributed by atoms with Crippen LogP contribution in [0.2, 0.25) is 0 Å². The maximum atomic E-state index is 12.4. The average molecular weight is 312 g/mol. The molecule has 2 aromatic rings. The zero-order chi connectivity index (χ0) is 16.6. The number of benzene rings is 1. The SMILES string of the molecule is Cc1c(C(=O)N/N=C2\C[C@H](C)CC(C)(C)C2)oc2ccccc12. The number of hydrogen-bond donors (Lipinski definition) is 1. The lowest BCUT2D eigenvalue weighted by molar-refractivity contribution is 0.0927. The summed E-state index contributed by atoms with van der Waals surface area (Å²) in [4.78, 5) is 12.4. The molecule has 3 rings (SSSR count). The fourth-order valence-corrected chi connectivity index (χ4v) is 3.77. The Labute approximate surface area is 136 Å². The Morgan fingerprint density at radius 2 is 2.09 bits per heavy atom. The summed E-state index contributed by atoms with van der Waals surface area (Å²) in [7, 11) is 0. The van der Waals surface area contributed by atoms with E-state index in [-0.39, 0.29) is 11.3 Å². The lowest BCUT2D eigenvalue weighted by Crippen LogP contribution is -2.30. The van der Waals surface area contributed by atoms with E-state index >= 15 is 0 Å². The highest BCUT2D eigenvalue weighted by Crippen LogP contribution is 2.36. The lowest BCUT2D eigenvalue weighted by Gasteiger charge is -2.34. The highest BCUT2D eigenvalue weighted by atomic mass is 16.3. The molecule has 122 valence electrons. The van der Waals surface area contributed by atoms with Gasteiger partial charge in [0.15, 0.2) is 5.76 Å². The number of aryl methyl sites for hydroxylation is 1. The van der Waals surface area contributed by atoms with Gasteiger partial charge in [0.2, 0.25) is 0 Å². The Hall–Kier alpha value is -2.10. The quantitative estimate of drug-likeness (QED) is 0.819. The van der Waals surface area contributed by atoms with Gasteiger partial charge < -0.3 is 4.42 Å². The Morgan fingerprint density at radius 1 is 1.35 bits per heavy atom. The molecule has 0 aliphatic heterocycles. The number of rotatable bonds is 2. The van der Waals surface area contributed by atoms with Crippen molar-refractivity contribution in [1.29, 1.82) is 0 Å². The molecule has 1 aromatic heterocycles. The number of nitrogens with zero attached hydrogens (tertiary/aromatic N) is 1. The predicted molar refractivity (Wildman–Crippen MR) is 92.6 cm³/mol. The summed E-state index contributed by atoms with van der Waals surface area (Å²) in [5.74, 6) is 0.670. The van der Waals surface area contributed by atoms with E-state index in [2.05, 4.69) is 31.3 Å². The molecule has 1 fully saturated rings. The minimum absolute atomic E-state index is 0.247. The molecular formula is C19H24N2O2. The first-order valence-corrected chi connectivity index (χ1v) is 8.19. The van der Waals surface area contributed by atoms with Gasteiger partial charge in [-0.3, -0.25) is 4.79 Å². The van der Waals surface area contributed by atoms with E-state index in [1.165, 1.54) is 6.42 Å². The van der Waals surface area contributed by atoms with Crippen LogP contribution in [0.5, 0.6) is 0 Å². The van der Waals surface area contributed by atoms with Crippen LogP contribution in [0.25, 0.3) is 11.0 Å². The molecule has 0 unspecified atom stereocenters. The molecule has 1 N–H and O–H groups in total. The Kier molecular flexibility index (Phi) is 4.00. The third-order valence-corrected chi connectivity index (χ3v) is 4.53. The second-order valence-electron chi connectivity index (χ2n) is 7.53. The first kappa shape index (κ1) is 15.8. The van der Waals surface area contributed by atoms with Gasteiger partial charge in [-0.25, -0.2) is 5.43 Å².